The third-order valence-corrected chi connectivity index (χ3v) is 5.29. The second-order valence-electron chi connectivity index (χ2n) is 7.36. The van der Waals surface area contributed by atoms with Gasteiger partial charge in [0.05, 0.1) is 27.4 Å². The first-order valence-corrected chi connectivity index (χ1v) is 10.6. The first kappa shape index (κ1) is 22.8. The molecule has 7 heteroatoms. The van der Waals surface area contributed by atoms with E-state index in [9.17, 15) is 4.79 Å². The lowest BCUT2D eigenvalue weighted by Crippen LogP contribution is -2.38. The number of hydrogen-bond donors (Lipinski definition) is 0. The Morgan fingerprint density at radius 1 is 1.16 bits per heavy atom. The summed E-state index contributed by atoms with van der Waals surface area (Å²) in [5, 5.41) is 0. The number of pyridine rings is 1. The lowest BCUT2D eigenvalue weighted by Gasteiger charge is -2.28. The Kier molecular flexibility index (Phi) is 8.87. The van der Waals surface area contributed by atoms with Gasteiger partial charge in [-0.15, -0.1) is 0 Å². The predicted octanol–water partition coefficient (Wildman–Crippen LogP) is 2.86. The summed E-state index contributed by atoms with van der Waals surface area (Å²) in [6.07, 6.45) is 7.83. The molecule has 3 rings (SSSR count). The molecule has 1 fully saturated rings. The number of carbonyl (C=O) groups excluding carboxylic acids is 1. The van der Waals surface area contributed by atoms with Gasteiger partial charge < -0.3 is 19.1 Å². The lowest BCUT2D eigenvalue weighted by atomic mass is 10.1. The minimum Gasteiger partial charge on any atom is -0.497 e. The largest absolute Gasteiger partial charge is 0.497 e. The van der Waals surface area contributed by atoms with Crippen molar-refractivity contribution < 1.29 is 19.0 Å². The Morgan fingerprint density at radius 3 is 2.65 bits per heavy atom. The Morgan fingerprint density at radius 2 is 1.94 bits per heavy atom. The SMILES string of the molecule is COc1ccc(/C=C/C(=O)N(CCCN2CCOCC2)Cc2ccncc2)c(OC)c1. The Balaban J connectivity index is 1.66. The van der Waals surface area contributed by atoms with Gasteiger partial charge >= 0.3 is 0 Å². The standard InChI is InChI=1S/C24H31N3O4/c1-29-22-6-4-21(23(18-22)30-2)5-7-24(28)27(19-20-8-10-25-11-9-20)13-3-12-26-14-16-31-17-15-26/h4-11,18H,3,12-17,19H2,1-2H3/b7-5+. The number of morpholine rings is 1. The molecule has 0 unspecified atom stereocenters. The number of nitrogens with zero attached hydrogens (tertiary/aromatic N) is 3. The van der Waals surface area contributed by atoms with Gasteiger partial charge in [0.25, 0.3) is 0 Å². The highest BCUT2D eigenvalue weighted by atomic mass is 16.5. The number of amides is 1. The number of carbonyl (C=O) groups is 1. The predicted molar refractivity (Wildman–Crippen MR) is 120 cm³/mol. The molecule has 1 amide bonds. The molecule has 0 saturated carbocycles. The first-order chi connectivity index (χ1) is 15.2. The molecular formula is C24H31N3O4. The quantitative estimate of drug-likeness (QED) is 0.546. The zero-order chi connectivity index (χ0) is 21.9. The molecule has 1 aromatic carbocycles. The van der Waals surface area contributed by atoms with E-state index in [1.807, 2.05) is 29.2 Å². The van der Waals surface area contributed by atoms with Crippen molar-refractivity contribution in [3.05, 3.63) is 59.9 Å². The molecule has 0 bridgehead atoms. The van der Waals surface area contributed by atoms with Crippen LogP contribution in [0, 0.1) is 0 Å². The summed E-state index contributed by atoms with van der Waals surface area (Å²) in [6.45, 7) is 5.67. The maximum absolute atomic E-state index is 13.1. The number of rotatable bonds is 10. The van der Waals surface area contributed by atoms with Gasteiger partial charge in [0, 0.05) is 62.8 Å². The number of methoxy groups -OCH3 is 2. The van der Waals surface area contributed by atoms with Crippen LogP contribution >= 0.6 is 0 Å². The Bertz CT molecular complexity index is 851. The summed E-state index contributed by atoms with van der Waals surface area (Å²) in [4.78, 5) is 21.4. The molecule has 31 heavy (non-hydrogen) atoms. The van der Waals surface area contributed by atoms with Crippen LogP contribution in [0.3, 0.4) is 0 Å². The van der Waals surface area contributed by atoms with Crippen molar-refractivity contribution in [3.8, 4) is 11.5 Å². The van der Waals surface area contributed by atoms with Crippen LogP contribution in [-0.4, -0.2) is 74.3 Å². The van der Waals surface area contributed by atoms with Crippen molar-refractivity contribution in [2.75, 3.05) is 53.6 Å². The zero-order valence-electron chi connectivity index (χ0n) is 18.3. The summed E-state index contributed by atoms with van der Waals surface area (Å²) in [5.41, 5.74) is 1.89. The van der Waals surface area contributed by atoms with E-state index in [0.717, 1.165) is 50.4 Å². The molecule has 1 aromatic heterocycles. The van der Waals surface area contributed by atoms with Crippen molar-refractivity contribution in [1.29, 1.82) is 0 Å². The first-order valence-electron chi connectivity index (χ1n) is 10.6. The van der Waals surface area contributed by atoms with Crippen molar-refractivity contribution in [2.45, 2.75) is 13.0 Å². The van der Waals surface area contributed by atoms with Gasteiger partial charge in [-0.2, -0.15) is 0 Å². The lowest BCUT2D eigenvalue weighted by molar-refractivity contribution is -0.126. The van der Waals surface area contributed by atoms with Gasteiger partial charge in [0.15, 0.2) is 0 Å². The third kappa shape index (κ3) is 7.08. The monoisotopic (exact) mass is 425 g/mol. The number of benzene rings is 1. The van der Waals surface area contributed by atoms with E-state index in [0.29, 0.717) is 24.6 Å². The highest BCUT2D eigenvalue weighted by Gasteiger charge is 2.14. The second-order valence-corrected chi connectivity index (χ2v) is 7.36. The molecule has 1 aliphatic heterocycles. The van der Waals surface area contributed by atoms with Crippen LogP contribution in [0.15, 0.2) is 48.8 Å². The number of ether oxygens (including phenoxy) is 3. The van der Waals surface area contributed by atoms with Crippen LogP contribution in [0.5, 0.6) is 11.5 Å². The smallest absolute Gasteiger partial charge is 0.246 e. The summed E-state index contributed by atoms with van der Waals surface area (Å²) < 4.78 is 16.1. The van der Waals surface area contributed by atoms with Crippen LogP contribution in [0.25, 0.3) is 6.08 Å². The molecule has 2 heterocycles. The van der Waals surface area contributed by atoms with E-state index < -0.39 is 0 Å². The fourth-order valence-electron chi connectivity index (χ4n) is 3.51. The maximum atomic E-state index is 13.1. The molecule has 2 aromatic rings. The van der Waals surface area contributed by atoms with Crippen molar-refractivity contribution in [1.82, 2.24) is 14.8 Å². The van der Waals surface area contributed by atoms with Crippen LogP contribution in [0.4, 0.5) is 0 Å². The maximum Gasteiger partial charge on any atom is 0.246 e. The highest BCUT2D eigenvalue weighted by Crippen LogP contribution is 2.25. The van der Waals surface area contributed by atoms with Crippen molar-refractivity contribution in [2.24, 2.45) is 0 Å². The van der Waals surface area contributed by atoms with Gasteiger partial charge in [-0.25, -0.2) is 0 Å². The second kappa shape index (κ2) is 12.1. The fourth-order valence-corrected chi connectivity index (χ4v) is 3.51. The van der Waals surface area contributed by atoms with E-state index in [1.54, 1.807) is 44.8 Å². The molecule has 0 spiro atoms. The topological polar surface area (TPSA) is 64.1 Å². The molecule has 166 valence electrons. The average Bonchev–Trinajstić information content (AvgIpc) is 2.83. The molecule has 0 N–H and O–H groups in total. The van der Waals surface area contributed by atoms with Gasteiger partial charge in [-0.1, -0.05) is 0 Å². The molecular weight excluding hydrogens is 394 g/mol. The number of aromatic nitrogens is 1. The van der Waals surface area contributed by atoms with Crippen molar-refractivity contribution >= 4 is 12.0 Å². The average molecular weight is 426 g/mol. The molecule has 0 atom stereocenters. The van der Waals surface area contributed by atoms with E-state index in [1.165, 1.54) is 0 Å². The molecule has 0 aliphatic carbocycles. The normalized spacial score (nSPS) is 14.5. The summed E-state index contributed by atoms with van der Waals surface area (Å²) in [7, 11) is 3.22. The highest BCUT2D eigenvalue weighted by molar-refractivity contribution is 5.92. The van der Waals surface area contributed by atoms with E-state index in [2.05, 4.69) is 9.88 Å². The molecule has 0 radical (unpaired) electrons. The van der Waals surface area contributed by atoms with Gasteiger partial charge in [-0.3, -0.25) is 14.7 Å². The fraction of sp³-hybridized carbons (Fsp3) is 0.417. The summed E-state index contributed by atoms with van der Waals surface area (Å²) in [6, 6.07) is 9.43. The van der Waals surface area contributed by atoms with Crippen LogP contribution in [0.2, 0.25) is 0 Å². The molecule has 1 saturated heterocycles. The van der Waals surface area contributed by atoms with Crippen molar-refractivity contribution in [3.63, 3.8) is 0 Å². The van der Waals surface area contributed by atoms with Crippen LogP contribution in [0.1, 0.15) is 17.5 Å². The summed E-state index contributed by atoms with van der Waals surface area (Å²) in [5.74, 6) is 1.34. The third-order valence-electron chi connectivity index (χ3n) is 5.29. The summed E-state index contributed by atoms with van der Waals surface area (Å²) >= 11 is 0. The molecule has 7 nitrogen and oxygen atoms in total. The zero-order valence-corrected chi connectivity index (χ0v) is 18.3. The minimum atomic E-state index is -0.0309. The Hall–Kier alpha value is -2.90. The molecule has 1 aliphatic rings. The van der Waals surface area contributed by atoms with E-state index >= 15 is 0 Å². The van der Waals surface area contributed by atoms with Crippen LogP contribution < -0.4 is 9.47 Å². The van der Waals surface area contributed by atoms with E-state index in [-0.39, 0.29) is 5.91 Å². The Labute approximate surface area is 184 Å². The van der Waals surface area contributed by atoms with Crippen LogP contribution in [-0.2, 0) is 16.1 Å². The van der Waals surface area contributed by atoms with E-state index in [4.69, 9.17) is 14.2 Å². The van der Waals surface area contributed by atoms with Gasteiger partial charge in [0.2, 0.25) is 5.91 Å². The minimum absolute atomic E-state index is 0.0309. The van der Waals surface area contributed by atoms with Gasteiger partial charge in [-0.05, 0) is 42.3 Å². The number of hydrogen-bond acceptors (Lipinski definition) is 6. The van der Waals surface area contributed by atoms with Gasteiger partial charge in [0.1, 0.15) is 11.5 Å².